The molecule has 0 radical (unpaired) electrons. The third kappa shape index (κ3) is 5.97. The van der Waals surface area contributed by atoms with E-state index in [9.17, 15) is 0 Å². The normalized spacial score (nSPS) is 13.0. The highest BCUT2D eigenvalue weighted by Crippen LogP contribution is 2.63. The summed E-state index contributed by atoms with van der Waals surface area (Å²) < 4.78 is 2.38. The van der Waals surface area contributed by atoms with E-state index in [2.05, 4.69) is 270 Å². The number of hydrogen-bond acceptors (Lipinski definition) is 2. The molecule has 0 fully saturated rings. The predicted molar refractivity (Wildman–Crippen MR) is 286 cm³/mol. The van der Waals surface area contributed by atoms with E-state index >= 15 is 0 Å². The van der Waals surface area contributed by atoms with Crippen LogP contribution in [0.15, 0.2) is 261 Å². The van der Waals surface area contributed by atoms with Gasteiger partial charge in [-0.1, -0.05) is 194 Å². The zero-order chi connectivity index (χ0) is 45.5. The Morgan fingerprint density at radius 3 is 1.58 bits per heavy atom. The summed E-state index contributed by atoms with van der Waals surface area (Å²) in [6.45, 7) is 0. The molecule has 3 heterocycles. The Labute approximate surface area is 401 Å². The van der Waals surface area contributed by atoms with Gasteiger partial charge in [-0.2, -0.15) is 0 Å². The van der Waals surface area contributed by atoms with Crippen LogP contribution in [0.1, 0.15) is 22.3 Å². The van der Waals surface area contributed by atoms with Crippen LogP contribution >= 0.6 is 0 Å². The Morgan fingerprint density at radius 2 is 0.841 bits per heavy atom. The first kappa shape index (κ1) is 39.1. The fraction of sp³-hybridized carbons (Fsp3) is 0.0152. The third-order valence-corrected chi connectivity index (χ3v) is 14.6. The van der Waals surface area contributed by atoms with E-state index in [0.717, 1.165) is 45.3 Å². The van der Waals surface area contributed by atoms with Crippen LogP contribution in [0.3, 0.4) is 0 Å². The number of benzene rings is 10. The van der Waals surface area contributed by atoms with E-state index in [1.807, 2.05) is 0 Å². The van der Waals surface area contributed by atoms with Crippen molar-refractivity contribution in [1.82, 2.24) is 9.55 Å². The highest BCUT2D eigenvalue weighted by atomic mass is 15.2. The lowest BCUT2D eigenvalue weighted by atomic mass is 9.64. The molecule has 0 N–H and O–H groups in total. The molecule has 14 rings (SSSR count). The van der Waals surface area contributed by atoms with E-state index in [1.54, 1.807) is 0 Å². The SMILES string of the molecule is c1ccc(-c2cc(-c3ccccc3)nc(N3c4ccccc4C4(c5ccccc5-c5ccc(-c6cccc(-c7ccc8c(c7)c7ccccc7n8-c7ccccc7)c6)cc54)c4ccccc43)c2)cc1. The molecular formula is C66H43N3. The number of pyridine rings is 1. The molecule has 322 valence electrons. The van der Waals surface area contributed by atoms with Crippen molar-refractivity contribution in [3.8, 4) is 61.5 Å². The maximum atomic E-state index is 5.51. The molecule has 3 heteroatoms. The van der Waals surface area contributed by atoms with Crippen molar-refractivity contribution in [2.45, 2.75) is 5.41 Å². The Hall–Kier alpha value is -9.05. The molecule has 1 spiro atoms. The lowest BCUT2D eigenvalue weighted by Gasteiger charge is -2.44. The molecule has 0 atom stereocenters. The van der Waals surface area contributed by atoms with Crippen molar-refractivity contribution in [3.63, 3.8) is 0 Å². The summed E-state index contributed by atoms with van der Waals surface area (Å²) in [5.41, 5.74) is 21.8. The van der Waals surface area contributed by atoms with Crippen LogP contribution in [0, 0.1) is 0 Å². The standard InChI is InChI=1S/C66H43N3/c1-4-19-44(20-5-1)50-42-60(45-21-6-2-7-22-45)67-65(43-50)69-63-33-16-13-30-57(63)66(58-31-14-17-34-64(58)69)56-29-12-10-27-52(56)53-37-35-49(41-59(53)66)47-24-18-23-46(39-47)48-36-38-62-55(40-48)54-28-11-15-32-61(54)68(62)51-25-8-3-9-26-51/h1-43H. The molecule has 0 unspecified atom stereocenters. The Bertz CT molecular complexity index is 3860. The second-order valence-electron chi connectivity index (χ2n) is 18.3. The topological polar surface area (TPSA) is 21.1 Å². The minimum atomic E-state index is -0.597. The smallest absolute Gasteiger partial charge is 0.138 e. The number of aromatic nitrogens is 2. The molecular weight excluding hydrogens is 835 g/mol. The van der Waals surface area contributed by atoms with Crippen molar-refractivity contribution in [2.75, 3.05) is 4.90 Å². The molecule has 69 heavy (non-hydrogen) atoms. The number of nitrogens with zero attached hydrogens (tertiary/aromatic N) is 3. The fourth-order valence-corrected chi connectivity index (χ4v) is 11.6. The number of hydrogen-bond donors (Lipinski definition) is 0. The summed E-state index contributed by atoms with van der Waals surface area (Å²) in [4.78, 5) is 7.91. The molecule has 0 saturated carbocycles. The van der Waals surface area contributed by atoms with Crippen LogP contribution in [-0.2, 0) is 5.41 Å². The lowest BCUT2D eigenvalue weighted by molar-refractivity contribution is 0.751. The summed E-state index contributed by atoms with van der Waals surface area (Å²) in [6, 6.07) is 95.4. The van der Waals surface area contributed by atoms with Gasteiger partial charge in [-0.05, 0) is 133 Å². The van der Waals surface area contributed by atoms with Crippen molar-refractivity contribution in [2.24, 2.45) is 0 Å². The molecule has 10 aromatic carbocycles. The minimum absolute atomic E-state index is 0.597. The van der Waals surface area contributed by atoms with Crippen molar-refractivity contribution < 1.29 is 0 Å². The summed E-state index contributed by atoms with van der Waals surface area (Å²) in [7, 11) is 0. The molecule has 2 aromatic heterocycles. The maximum absolute atomic E-state index is 5.51. The summed E-state index contributed by atoms with van der Waals surface area (Å²) >= 11 is 0. The lowest BCUT2D eigenvalue weighted by Crippen LogP contribution is -2.36. The van der Waals surface area contributed by atoms with Crippen LogP contribution in [0.25, 0.3) is 83.3 Å². The van der Waals surface area contributed by atoms with E-state index in [4.69, 9.17) is 4.98 Å². The summed E-state index contributed by atoms with van der Waals surface area (Å²) in [6.07, 6.45) is 0. The van der Waals surface area contributed by atoms with Gasteiger partial charge in [-0.25, -0.2) is 4.98 Å². The van der Waals surface area contributed by atoms with Gasteiger partial charge in [0.15, 0.2) is 0 Å². The van der Waals surface area contributed by atoms with Gasteiger partial charge in [0.1, 0.15) is 5.82 Å². The van der Waals surface area contributed by atoms with Crippen LogP contribution < -0.4 is 4.90 Å². The molecule has 0 saturated heterocycles. The highest BCUT2D eigenvalue weighted by molar-refractivity contribution is 6.10. The molecule has 3 nitrogen and oxygen atoms in total. The van der Waals surface area contributed by atoms with Gasteiger partial charge in [-0.3, -0.25) is 4.90 Å². The largest absolute Gasteiger partial charge is 0.309 e. The van der Waals surface area contributed by atoms with E-state index < -0.39 is 5.41 Å². The molecule has 1 aliphatic heterocycles. The van der Waals surface area contributed by atoms with Gasteiger partial charge in [0, 0.05) is 22.0 Å². The number of rotatable bonds is 6. The van der Waals surface area contributed by atoms with Crippen molar-refractivity contribution in [3.05, 3.63) is 283 Å². The number of para-hydroxylation sites is 4. The van der Waals surface area contributed by atoms with Gasteiger partial charge < -0.3 is 4.57 Å². The minimum Gasteiger partial charge on any atom is -0.309 e. The maximum Gasteiger partial charge on any atom is 0.138 e. The first-order valence-electron chi connectivity index (χ1n) is 23.8. The molecule has 12 aromatic rings. The van der Waals surface area contributed by atoms with Crippen LogP contribution in [0.2, 0.25) is 0 Å². The zero-order valence-corrected chi connectivity index (χ0v) is 37.7. The number of fused-ring (bicyclic) bond motifs is 12. The molecule has 2 aliphatic rings. The van der Waals surface area contributed by atoms with Crippen molar-refractivity contribution >= 4 is 39.0 Å². The van der Waals surface area contributed by atoms with Crippen molar-refractivity contribution in [1.29, 1.82) is 0 Å². The average Bonchev–Trinajstić information content (AvgIpc) is 3.92. The summed E-state index contributed by atoms with van der Waals surface area (Å²) in [5, 5.41) is 2.50. The quantitative estimate of drug-likeness (QED) is 0.166. The molecule has 0 bridgehead atoms. The molecule has 1 aliphatic carbocycles. The van der Waals surface area contributed by atoms with Gasteiger partial charge in [-0.15, -0.1) is 0 Å². The first-order chi connectivity index (χ1) is 34.2. The van der Waals surface area contributed by atoms with Gasteiger partial charge >= 0.3 is 0 Å². The third-order valence-electron chi connectivity index (χ3n) is 14.6. The highest BCUT2D eigenvalue weighted by Gasteiger charge is 2.52. The van der Waals surface area contributed by atoms with Crippen LogP contribution in [0.5, 0.6) is 0 Å². The van der Waals surface area contributed by atoms with Gasteiger partial charge in [0.2, 0.25) is 0 Å². The average molecular weight is 878 g/mol. The Balaban J connectivity index is 0.940. The molecule has 0 amide bonds. The van der Waals surface area contributed by atoms with Gasteiger partial charge in [0.25, 0.3) is 0 Å². The van der Waals surface area contributed by atoms with Gasteiger partial charge in [0.05, 0.1) is 33.5 Å². The monoisotopic (exact) mass is 877 g/mol. The second kappa shape index (κ2) is 15.5. The number of anilines is 3. The van der Waals surface area contributed by atoms with E-state index in [-0.39, 0.29) is 0 Å². The van der Waals surface area contributed by atoms with E-state index in [0.29, 0.717) is 0 Å². The zero-order valence-electron chi connectivity index (χ0n) is 37.7. The second-order valence-corrected chi connectivity index (χ2v) is 18.3. The Morgan fingerprint density at radius 1 is 0.304 bits per heavy atom. The Kier molecular flexibility index (Phi) is 8.80. The first-order valence-corrected chi connectivity index (χ1v) is 23.8. The fourth-order valence-electron chi connectivity index (χ4n) is 11.6. The van der Waals surface area contributed by atoms with Crippen LogP contribution in [-0.4, -0.2) is 9.55 Å². The summed E-state index contributed by atoms with van der Waals surface area (Å²) in [5.74, 6) is 0.879. The van der Waals surface area contributed by atoms with Crippen LogP contribution in [0.4, 0.5) is 17.2 Å². The van der Waals surface area contributed by atoms with E-state index in [1.165, 1.54) is 77.4 Å². The predicted octanol–water partition coefficient (Wildman–Crippen LogP) is 17.0.